The molecule has 0 unspecified atom stereocenters. The monoisotopic (exact) mass is 245 g/mol. The Kier molecular flexibility index (Phi) is 3.38. The zero-order valence-corrected chi connectivity index (χ0v) is 10.3. The van der Waals surface area contributed by atoms with Gasteiger partial charge in [-0.25, -0.2) is 4.68 Å². The van der Waals surface area contributed by atoms with Crippen LogP contribution in [0.3, 0.4) is 0 Å². The van der Waals surface area contributed by atoms with Gasteiger partial charge >= 0.3 is 0 Å². The number of aromatic nitrogens is 3. The molecule has 0 saturated heterocycles. The van der Waals surface area contributed by atoms with E-state index in [-0.39, 0.29) is 11.9 Å². The molecular weight excluding hydrogens is 230 g/mol. The molecular formula is C12H15N5O. The Morgan fingerprint density at radius 1 is 1.44 bits per heavy atom. The molecule has 0 fully saturated rings. The van der Waals surface area contributed by atoms with Crippen LogP contribution in [-0.4, -0.2) is 27.7 Å². The molecule has 0 spiro atoms. The number of pyridine rings is 1. The van der Waals surface area contributed by atoms with Crippen molar-refractivity contribution in [2.24, 2.45) is 5.73 Å². The molecule has 6 nitrogen and oxygen atoms in total. The fourth-order valence-corrected chi connectivity index (χ4v) is 1.52. The number of hydrogen-bond donors (Lipinski definition) is 2. The third-order valence-electron chi connectivity index (χ3n) is 2.55. The molecule has 0 aliphatic heterocycles. The highest BCUT2D eigenvalue weighted by atomic mass is 16.1. The first kappa shape index (κ1) is 12.3. The second kappa shape index (κ2) is 4.97. The van der Waals surface area contributed by atoms with Gasteiger partial charge in [-0.05, 0) is 25.1 Å². The first-order chi connectivity index (χ1) is 8.61. The van der Waals surface area contributed by atoms with Crippen molar-refractivity contribution in [3.63, 3.8) is 0 Å². The molecule has 2 heterocycles. The zero-order valence-electron chi connectivity index (χ0n) is 10.3. The minimum atomic E-state index is -0.214. The molecule has 2 rings (SSSR count). The molecule has 6 heteroatoms. The normalized spacial score (nSPS) is 12.2. The first-order valence-electron chi connectivity index (χ1n) is 5.61. The van der Waals surface area contributed by atoms with Crippen LogP contribution in [0.2, 0.25) is 0 Å². The summed E-state index contributed by atoms with van der Waals surface area (Å²) < 4.78 is 1.60. The smallest absolute Gasteiger partial charge is 0.271 e. The molecule has 0 aliphatic rings. The zero-order chi connectivity index (χ0) is 13.1. The maximum atomic E-state index is 11.4. The maximum Gasteiger partial charge on any atom is 0.271 e. The van der Waals surface area contributed by atoms with E-state index < -0.39 is 0 Å². The Bertz CT molecular complexity index is 544. The number of nitrogens with one attached hydrogen (secondary N) is 1. The number of carbonyl (C=O) groups excluding carboxylic acids is 1. The van der Waals surface area contributed by atoms with Crippen molar-refractivity contribution in [2.45, 2.75) is 13.0 Å². The van der Waals surface area contributed by atoms with Crippen LogP contribution in [0.5, 0.6) is 0 Å². The Hall–Kier alpha value is -2.21. The van der Waals surface area contributed by atoms with Gasteiger partial charge in [0.25, 0.3) is 5.91 Å². The van der Waals surface area contributed by atoms with E-state index in [4.69, 9.17) is 5.73 Å². The minimum Gasteiger partial charge on any atom is -0.354 e. The average molecular weight is 245 g/mol. The van der Waals surface area contributed by atoms with E-state index in [2.05, 4.69) is 15.4 Å². The number of rotatable bonds is 3. The topological polar surface area (TPSA) is 85.8 Å². The molecule has 2 aromatic heterocycles. The number of amides is 1. The Morgan fingerprint density at radius 3 is 2.78 bits per heavy atom. The molecule has 0 bridgehead atoms. The van der Waals surface area contributed by atoms with Crippen molar-refractivity contribution in [3.8, 4) is 5.69 Å². The molecule has 3 N–H and O–H groups in total. The Morgan fingerprint density at radius 2 is 2.22 bits per heavy atom. The van der Waals surface area contributed by atoms with Crippen molar-refractivity contribution in [1.82, 2.24) is 20.1 Å². The summed E-state index contributed by atoms with van der Waals surface area (Å²) in [6.07, 6.45) is 3.40. The lowest BCUT2D eigenvalue weighted by Gasteiger charge is -2.05. The molecule has 0 aromatic carbocycles. The summed E-state index contributed by atoms with van der Waals surface area (Å²) in [6, 6.07) is 5.27. The summed E-state index contributed by atoms with van der Waals surface area (Å²) in [5, 5.41) is 6.68. The lowest BCUT2D eigenvalue weighted by Crippen LogP contribution is -2.18. The predicted octanol–water partition coefficient (Wildman–Crippen LogP) is 0.647. The second-order valence-corrected chi connectivity index (χ2v) is 3.95. The summed E-state index contributed by atoms with van der Waals surface area (Å²) in [5.41, 5.74) is 7.70. The van der Waals surface area contributed by atoms with Gasteiger partial charge in [-0.3, -0.25) is 9.78 Å². The van der Waals surface area contributed by atoms with Gasteiger partial charge in [0.05, 0.1) is 17.6 Å². The summed E-state index contributed by atoms with van der Waals surface area (Å²) in [6.45, 7) is 1.87. The maximum absolute atomic E-state index is 11.4. The number of nitrogens with zero attached hydrogens (tertiary/aromatic N) is 3. The molecule has 1 atom stereocenters. The van der Waals surface area contributed by atoms with Crippen LogP contribution in [0.25, 0.3) is 5.69 Å². The van der Waals surface area contributed by atoms with E-state index in [0.29, 0.717) is 5.69 Å². The Balaban J connectivity index is 2.26. The molecule has 18 heavy (non-hydrogen) atoms. The second-order valence-electron chi connectivity index (χ2n) is 3.95. The van der Waals surface area contributed by atoms with Crippen LogP contribution in [0, 0.1) is 0 Å². The predicted molar refractivity (Wildman–Crippen MR) is 67.4 cm³/mol. The van der Waals surface area contributed by atoms with Crippen molar-refractivity contribution in [1.29, 1.82) is 0 Å². The molecule has 2 aromatic rings. The molecule has 0 saturated carbocycles. The van der Waals surface area contributed by atoms with Crippen molar-refractivity contribution < 1.29 is 4.79 Å². The van der Waals surface area contributed by atoms with Gasteiger partial charge < -0.3 is 11.1 Å². The van der Waals surface area contributed by atoms with Crippen LogP contribution < -0.4 is 11.1 Å². The lowest BCUT2D eigenvalue weighted by molar-refractivity contribution is 0.0957. The number of hydrogen-bond acceptors (Lipinski definition) is 4. The summed E-state index contributed by atoms with van der Waals surface area (Å²) in [5.74, 6) is -0.214. The fraction of sp³-hybridized carbons (Fsp3) is 0.250. The fourth-order valence-electron chi connectivity index (χ4n) is 1.52. The average Bonchev–Trinajstić information content (AvgIpc) is 2.87. The van der Waals surface area contributed by atoms with E-state index >= 15 is 0 Å². The van der Waals surface area contributed by atoms with E-state index in [1.54, 1.807) is 30.2 Å². The van der Waals surface area contributed by atoms with E-state index in [9.17, 15) is 4.79 Å². The van der Waals surface area contributed by atoms with Gasteiger partial charge in [-0.15, -0.1) is 0 Å². The quantitative estimate of drug-likeness (QED) is 0.831. The van der Waals surface area contributed by atoms with Crippen molar-refractivity contribution in [3.05, 3.63) is 42.0 Å². The minimum absolute atomic E-state index is 0.0990. The third kappa shape index (κ3) is 2.38. The highest BCUT2D eigenvalue weighted by Crippen LogP contribution is 2.10. The van der Waals surface area contributed by atoms with Gasteiger partial charge in [-0.2, -0.15) is 5.10 Å². The number of carbonyl (C=O) groups is 1. The van der Waals surface area contributed by atoms with Crippen LogP contribution in [-0.2, 0) is 0 Å². The Labute approximate surface area is 105 Å². The third-order valence-corrected chi connectivity index (χ3v) is 2.55. The summed E-state index contributed by atoms with van der Waals surface area (Å²) in [7, 11) is 1.57. The molecule has 1 amide bonds. The summed E-state index contributed by atoms with van der Waals surface area (Å²) >= 11 is 0. The highest BCUT2D eigenvalue weighted by Gasteiger charge is 2.08. The highest BCUT2D eigenvalue weighted by molar-refractivity contribution is 5.91. The number of nitrogens with two attached hydrogens (primary N) is 1. The van der Waals surface area contributed by atoms with E-state index in [0.717, 1.165) is 11.4 Å². The molecule has 94 valence electrons. The standard InChI is InChI=1S/C12H15N5O/c1-8(13)10-4-3-9(7-15-10)17-6-5-11(16-17)12(18)14-2/h3-8H,13H2,1-2H3,(H,14,18)/t8-/m0/s1. The summed E-state index contributed by atoms with van der Waals surface area (Å²) in [4.78, 5) is 15.6. The van der Waals surface area contributed by atoms with Gasteiger partial charge in [-0.1, -0.05) is 0 Å². The van der Waals surface area contributed by atoms with Gasteiger partial charge in [0.1, 0.15) is 0 Å². The van der Waals surface area contributed by atoms with Gasteiger partial charge in [0.2, 0.25) is 0 Å². The SMILES string of the molecule is CNC(=O)c1ccn(-c2ccc([C@H](C)N)nc2)n1. The van der Waals surface area contributed by atoms with Crippen LogP contribution in [0.1, 0.15) is 29.1 Å². The van der Waals surface area contributed by atoms with Crippen LogP contribution >= 0.6 is 0 Å². The first-order valence-corrected chi connectivity index (χ1v) is 5.61. The van der Waals surface area contributed by atoms with Crippen molar-refractivity contribution >= 4 is 5.91 Å². The van der Waals surface area contributed by atoms with Gasteiger partial charge in [0, 0.05) is 19.3 Å². The molecule has 0 aliphatic carbocycles. The van der Waals surface area contributed by atoms with E-state index in [1.165, 1.54) is 0 Å². The van der Waals surface area contributed by atoms with E-state index in [1.807, 2.05) is 19.1 Å². The van der Waals surface area contributed by atoms with Crippen molar-refractivity contribution in [2.75, 3.05) is 7.05 Å². The van der Waals surface area contributed by atoms with Crippen LogP contribution in [0.15, 0.2) is 30.6 Å². The lowest BCUT2D eigenvalue weighted by atomic mass is 10.2. The largest absolute Gasteiger partial charge is 0.354 e. The molecule has 0 radical (unpaired) electrons. The van der Waals surface area contributed by atoms with Gasteiger partial charge in [0.15, 0.2) is 5.69 Å². The van der Waals surface area contributed by atoms with Crippen LogP contribution in [0.4, 0.5) is 0 Å².